The van der Waals surface area contributed by atoms with Gasteiger partial charge in [-0.25, -0.2) is 0 Å². The van der Waals surface area contributed by atoms with Crippen LogP contribution in [-0.2, 0) is 0 Å². The molecule has 0 heterocycles. The van der Waals surface area contributed by atoms with Crippen LogP contribution in [0.2, 0.25) is 0 Å². The molecule has 0 saturated heterocycles. The lowest BCUT2D eigenvalue weighted by Gasteiger charge is -2.19. The highest BCUT2D eigenvalue weighted by atomic mass is 14.2. The molecule has 0 aromatic heterocycles. The Labute approximate surface area is 195 Å². The van der Waals surface area contributed by atoms with E-state index in [-0.39, 0.29) is 0 Å². The van der Waals surface area contributed by atoms with Crippen molar-refractivity contribution >= 4 is 86.2 Å². The summed E-state index contributed by atoms with van der Waals surface area (Å²) in [7, 11) is 0. The molecule has 0 radical (unpaired) electrons. The van der Waals surface area contributed by atoms with Gasteiger partial charge < -0.3 is 0 Å². The van der Waals surface area contributed by atoms with Crippen molar-refractivity contribution in [2.24, 2.45) is 0 Å². The van der Waals surface area contributed by atoms with Crippen LogP contribution in [0.15, 0.2) is 109 Å². The van der Waals surface area contributed by atoms with E-state index in [0.717, 1.165) is 0 Å². The molecule has 0 heteroatoms. The van der Waals surface area contributed by atoms with E-state index in [1.165, 1.54) is 86.2 Å². The van der Waals surface area contributed by atoms with E-state index in [1.54, 1.807) is 0 Å². The van der Waals surface area contributed by atoms with E-state index in [1.807, 2.05) is 0 Å². The van der Waals surface area contributed by atoms with Gasteiger partial charge in [0, 0.05) is 0 Å². The van der Waals surface area contributed by atoms with Crippen molar-refractivity contribution in [3.05, 3.63) is 109 Å². The van der Waals surface area contributed by atoms with Gasteiger partial charge in [-0.1, -0.05) is 84.9 Å². The highest BCUT2D eigenvalue weighted by Crippen LogP contribution is 2.47. The summed E-state index contributed by atoms with van der Waals surface area (Å²) in [6, 6.07) is 41.0. The van der Waals surface area contributed by atoms with Gasteiger partial charge in [0.1, 0.15) is 0 Å². The smallest absolute Gasteiger partial charge is 0.00139 e. The van der Waals surface area contributed by atoms with E-state index in [9.17, 15) is 0 Å². The summed E-state index contributed by atoms with van der Waals surface area (Å²) < 4.78 is 0. The third-order valence-electron chi connectivity index (χ3n) is 8.05. The van der Waals surface area contributed by atoms with Crippen molar-refractivity contribution in [1.82, 2.24) is 0 Å². The molecule has 9 aromatic rings. The van der Waals surface area contributed by atoms with Gasteiger partial charge in [-0.05, 0) is 110 Å². The van der Waals surface area contributed by atoms with Crippen LogP contribution in [0.1, 0.15) is 0 Å². The van der Waals surface area contributed by atoms with Gasteiger partial charge in [-0.15, -0.1) is 0 Å². The first kappa shape index (κ1) is 17.1. The molecule has 34 heavy (non-hydrogen) atoms. The molecule has 154 valence electrons. The molecule has 0 saturated carbocycles. The monoisotopic (exact) mass is 426 g/mol. The van der Waals surface area contributed by atoms with Crippen molar-refractivity contribution in [3.63, 3.8) is 0 Å². The average molecular weight is 427 g/mol. The first-order valence-corrected chi connectivity index (χ1v) is 11.9. The summed E-state index contributed by atoms with van der Waals surface area (Å²) in [5.74, 6) is 0. The molecular formula is C34H18. The lowest BCUT2D eigenvalue weighted by molar-refractivity contribution is 1.79. The molecule has 0 amide bonds. The zero-order valence-electron chi connectivity index (χ0n) is 18.4. The molecule has 0 fully saturated rings. The highest BCUT2D eigenvalue weighted by molar-refractivity contribution is 6.41. The molecule has 0 aliphatic carbocycles. The second-order valence-electron chi connectivity index (χ2n) is 9.73. The lowest BCUT2D eigenvalue weighted by Crippen LogP contribution is -1.91. The fraction of sp³-hybridized carbons (Fsp3) is 0. The molecule has 0 N–H and O–H groups in total. The summed E-state index contributed by atoms with van der Waals surface area (Å²) in [4.78, 5) is 0. The molecule has 0 aliphatic heterocycles. The van der Waals surface area contributed by atoms with Gasteiger partial charge in [0.05, 0.1) is 0 Å². The summed E-state index contributed by atoms with van der Waals surface area (Å²) in [6.45, 7) is 0. The quantitative estimate of drug-likeness (QED) is 0.167. The summed E-state index contributed by atoms with van der Waals surface area (Å²) in [5, 5.41) is 21.6. The third-order valence-corrected chi connectivity index (χ3v) is 8.05. The Bertz CT molecular complexity index is 2270. The Morgan fingerprint density at radius 2 is 0.706 bits per heavy atom. The number of rotatable bonds is 0. The number of hydrogen-bond donors (Lipinski definition) is 0. The zero-order chi connectivity index (χ0) is 22.0. The van der Waals surface area contributed by atoms with Crippen LogP contribution in [0, 0.1) is 0 Å². The fourth-order valence-electron chi connectivity index (χ4n) is 6.63. The average Bonchev–Trinajstić information content (AvgIpc) is 2.89. The topological polar surface area (TPSA) is 0 Å². The summed E-state index contributed by atoms with van der Waals surface area (Å²) in [6.07, 6.45) is 0. The largest absolute Gasteiger partial charge is 0.0616 e. The van der Waals surface area contributed by atoms with Gasteiger partial charge in [0.15, 0.2) is 0 Å². The Morgan fingerprint density at radius 3 is 1.41 bits per heavy atom. The van der Waals surface area contributed by atoms with Crippen LogP contribution in [0.5, 0.6) is 0 Å². The minimum Gasteiger partial charge on any atom is -0.0616 e. The van der Waals surface area contributed by atoms with Crippen molar-refractivity contribution in [3.8, 4) is 0 Å². The molecular weight excluding hydrogens is 408 g/mol. The van der Waals surface area contributed by atoms with Crippen LogP contribution >= 0.6 is 0 Å². The first-order chi connectivity index (χ1) is 16.8. The Morgan fingerprint density at radius 1 is 0.235 bits per heavy atom. The standard InChI is InChI=1S/C34H18/c1-3-7-25-19(5-1)13-14-27-28(25)16-22-10-12-23-17-29-26-8-4-2-6-20(26)15-21-9-11-24-18-30(27)32(22)34(23)33(24)31(21)29/h1-18H. The zero-order valence-corrected chi connectivity index (χ0v) is 18.4. The van der Waals surface area contributed by atoms with E-state index in [0.29, 0.717) is 0 Å². The van der Waals surface area contributed by atoms with Crippen molar-refractivity contribution < 1.29 is 0 Å². The van der Waals surface area contributed by atoms with Crippen LogP contribution < -0.4 is 0 Å². The van der Waals surface area contributed by atoms with Gasteiger partial charge in [-0.2, -0.15) is 0 Å². The van der Waals surface area contributed by atoms with E-state index in [4.69, 9.17) is 0 Å². The lowest BCUT2D eigenvalue weighted by atomic mass is 9.84. The van der Waals surface area contributed by atoms with E-state index >= 15 is 0 Å². The number of fused-ring (bicyclic) bond motifs is 6. The minimum absolute atomic E-state index is 1.30. The van der Waals surface area contributed by atoms with Crippen LogP contribution in [-0.4, -0.2) is 0 Å². The molecule has 9 aromatic carbocycles. The Kier molecular flexibility index (Phi) is 2.88. The van der Waals surface area contributed by atoms with E-state index in [2.05, 4.69) is 109 Å². The molecule has 9 rings (SSSR count). The highest BCUT2D eigenvalue weighted by Gasteiger charge is 2.18. The first-order valence-electron chi connectivity index (χ1n) is 11.9. The van der Waals surface area contributed by atoms with Crippen LogP contribution in [0.25, 0.3) is 86.2 Å². The second kappa shape index (κ2) is 5.73. The predicted octanol–water partition coefficient (Wildman–Crippen LogP) is 9.79. The molecule has 0 nitrogen and oxygen atoms in total. The van der Waals surface area contributed by atoms with Gasteiger partial charge in [-0.3, -0.25) is 0 Å². The van der Waals surface area contributed by atoms with Gasteiger partial charge in [0.2, 0.25) is 0 Å². The van der Waals surface area contributed by atoms with Crippen LogP contribution in [0.4, 0.5) is 0 Å². The van der Waals surface area contributed by atoms with Crippen LogP contribution in [0.3, 0.4) is 0 Å². The maximum absolute atomic E-state index is 2.44. The fourth-order valence-corrected chi connectivity index (χ4v) is 6.63. The molecule has 0 unspecified atom stereocenters. The predicted molar refractivity (Wildman–Crippen MR) is 149 cm³/mol. The Hall–Kier alpha value is -4.42. The summed E-state index contributed by atoms with van der Waals surface area (Å²) in [5.41, 5.74) is 0. The van der Waals surface area contributed by atoms with Crippen molar-refractivity contribution in [2.75, 3.05) is 0 Å². The molecule has 0 bridgehead atoms. The molecule has 0 spiro atoms. The Balaban J connectivity index is 1.61. The third kappa shape index (κ3) is 1.93. The summed E-state index contributed by atoms with van der Waals surface area (Å²) >= 11 is 0. The SMILES string of the molecule is c1ccc2c(c1)ccc1c2cc2ccc3cc4c5ccccc5cc5ccc6cc1c2c3c6c54. The molecule has 0 atom stereocenters. The number of hydrogen-bond acceptors (Lipinski definition) is 0. The normalized spacial score (nSPS) is 12.7. The molecule has 0 aliphatic rings. The van der Waals surface area contributed by atoms with Crippen molar-refractivity contribution in [2.45, 2.75) is 0 Å². The second-order valence-corrected chi connectivity index (χ2v) is 9.73. The van der Waals surface area contributed by atoms with E-state index < -0.39 is 0 Å². The number of benzene rings is 9. The maximum Gasteiger partial charge on any atom is -0.00139 e. The minimum atomic E-state index is 1.30. The van der Waals surface area contributed by atoms with Crippen molar-refractivity contribution in [1.29, 1.82) is 0 Å². The maximum atomic E-state index is 2.44. The van der Waals surface area contributed by atoms with Gasteiger partial charge >= 0.3 is 0 Å². The van der Waals surface area contributed by atoms with Gasteiger partial charge in [0.25, 0.3) is 0 Å².